The highest BCUT2D eigenvalue weighted by molar-refractivity contribution is 4.98. The normalized spacial score (nSPS) is 32.3. The first kappa shape index (κ1) is 17.0. The van der Waals surface area contributed by atoms with E-state index in [0.29, 0.717) is 25.2 Å². The summed E-state index contributed by atoms with van der Waals surface area (Å²) in [6, 6.07) is 0.868. The quantitative estimate of drug-likeness (QED) is 0.863. The Hall–Kier alpha value is -0.330. The fourth-order valence-electron chi connectivity index (χ4n) is 4.09. The zero-order valence-electron chi connectivity index (χ0n) is 13.3. The zero-order valence-corrected chi connectivity index (χ0v) is 13.3. The van der Waals surface area contributed by atoms with E-state index in [2.05, 4.69) is 24.1 Å². The van der Waals surface area contributed by atoms with Crippen molar-refractivity contribution in [2.75, 3.05) is 39.8 Å². The molecule has 0 aromatic heterocycles. The van der Waals surface area contributed by atoms with Crippen LogP contribution in [0.1, 0.15) is 33.1 Å². The molecule has 2 unspecified atom stereocenters. The summed E-state index contributed by atoms with van der Waals surface area (Å²) in [4.78, 5) is 3.92. The monoisotopic (exact) mass is 307 g/mol. The Labute approximate surface area is 125 Å². The maximum atomic E-state index is 12.4. The van der Waals surface area contributed by atoms with E-state index in [1.807, 2.05) is 7.05 Å². The lowest BCUT2D eigenvalue weighted by atomic mass is 9.70. The van der Waals surface area contributed by atoms with Gasteiger partial charge in [-0.2, -0.15) is 13.2 Å². The average Bonchev–Trinajstić information content (AvgIpc) is 2.36. The summed E-state index contributed by atoms with van der Waals surface area (Å²) in [5.74, 6) is 0. The van der Waals surface area contributed by atoms with Gasteiger partial charge in [-0.05, 0) is 25.3 Å². The van der Waals surface area contributed by atoms with Crippen LogP contribution in [-0.4, -0.2) is 67.8 Å². The van der Waals surface area contributed by atoms with E-state index in [9.17, 15) is 13.2 Å². The van der Waals surface area contributed by atoms with Gasteiger partial charge in [0.1, 0.15) is 0 Å². The molecule has 0 aromatic rings. The van der Waals surface area contributed by atoms with Crippen molar-refractivity contribution in [2.45, 2.75) is 51.4 Å². The number of halogens is 3. The second kappa shape index (κ2) is 6.42. The van der Waals surface area contributed by atoms with Gasteiger partial charge in [-0.25, -0.2) is 0 Å². The van der Waals surface area contributed by atoms with Crippen LogP contribution in [0.2, 0.25) is 0 Å². The van der Waals surface area contributed by atoms with E-state index in [1.54, 1.807) is 0 Å². The van der Waals surface area contributed by atoms with Crippen molar-refractivity contribution >= 4 is 0 Å². The number of hydrogen-bond donors (Lipinski definition) is 1. The van der Waals surface area contributed by atoms with E-state index in [-0.39, 0.29) is 5.41 Å². The van der Waals surface area contributed by atoms with Gasteiger partial charge in [-0.1, -0.05) is 20.3 Å². The summed E-state index contributed by atoms with van der Waals surface area (Å²) in [5, 5.41) is 3.46. The third-order valence-corrected chi connectivity index (χ3v) is 5.14. The van der Waals surface area contributed by atoms with Crippen molar-refractivity contribution in [3.63, 3.8) is 0 Å². The molecule has 1 N–H and O–H groups in total. The molecule has 1 saturated carbocycles. The van der Waals surface area contributed by atoms with Crippen LogP contribution >= 0.6 is 0 Å². The number of rotatable bonds is 3. The number of piperazine rings is 1. The third kappa shape index (κ3) is 4.33. The first-order chi connectivity index (χ1) is 9.73. The van der Waals surface area contributed by atoms with Crippen molar-refractivity contribution in [2.24, 2.45) is 5.41 Å². The minimum Gasteiger partial charge on any atom is -0.315 e. The minimum atomic E-state index is -4.08. The van der Waals surface area contributed by atoms with Gasteiger partial charge in [0.15, 0.2) is 0 Å². The highest BCUT2D eigenvalue weighted by atomic mass is 19.4. The van der Waals surface area contributed by atoms with Crippen LogP contribution in [0.25, 0.3) is 0 Å². The van der Waals surface area contributed by atoms with Gasteiger partial charge in [0.25, 0.3) is 0 Å². The molecule has 1 saturated heterocycles. The number of hydrogen-bond acceptors (Lipinski definition) is 3. The Bertz CT molecular complexity index is 336. The van der Waals surface area contributed by atoms with Gasteiger partial charge in [0, 0.05) is 38.3 Å². The highest BCUT2D eigenvalue weighted by Crippen LogP contribution is 2.38. The van der Waals surface area contributed by atoms with Crippen molar-refractivity contribution < 1.29 is 13.2 Å². The molecule has 0 spiro atoms. The number of nitrogens with one attached hydrogen (secondary N) is 1. The summed E-state index contributed by atoms with van der Waals surface area (Å²) < 4.78 is 37.3. The van der Waals surface area contributed by atoms with Crippen molar-refractivity contribution in [1.29, 1.82) is 0 Å². The van der Waals surface area contributed by atoms with E-state index in [0.717, 1.165) is 19.5 Å². The Morgan fingerprint density at radius 2 is 1.76 bits per heavy atom. The molecule has 2 fully saturated rings. The van der Waals surface area contributed by atoms with Gasteiger partial charge in [-0.15, -0.1) is 0 Å². The number of likely N-dealkylation sites (N-methyl/N-ethyl adjacent to an activating group) is 1. The first-order valence-corrected chi connectivity index (χ1v) is 7.93. The summed E-state index contributed by atoms with van der Waals surface area (Å²) in [7, 11) is 2.00. The average molecular weight is 307 g/mol. The molecule has 1 heterocycles. The van der Waals surface area contributed by atoms with Crippen LogP contribution in [0.5, 0.6) is 0 Å². The molecule has 2 rings (SSSR count). The molecule has 1 aliphatic heterocycles. The lowest BCUT2D eigenvalue weighted by Gasteiger charge is -2.50. The van der Waals surface area contributed by atoms with Crippen molar-refractivity contribution in [3.8, 4) is 0 Å². The van der Waals surface area contributed by atoms with Crippen LogP contribution in [0, 0.1) is 5.41 Å². The molecular weight excluding hydrogens is 279 g/mol. The third-order valence-electron chi connectivity index (χ3n) is 5.14. The van der Waals surface area contributed by atoms with E-state index >= 15 is 0 Å². The maximum absolute atomic E-state index is 12.4. The predicted molar refractivity (Wildman–Crippen MR) is 78.3 cm³/mol. The van der Waals surface area contributed by atoms with E-state index in [1.165, 1.54) is 17.7 Å². The molecule has 1 aliphatic carbocycles. The zero-order chi connectivity index (χ0) is 15.7. The van der Waals surface area contributed by atoms with Gasteiger partial charge < -0.3 is 5.32 Å². The molecule has 0 amide bonds. The first-order valence-electron chi connectivity index (χ1n) is 7.93. The number of nitrogens with zero attached hydrogens (tertiary/aromatic N) is 2. The fourth-order valence-corrected chi connectivity index (χ4v) is 4.09. The van der Waals surface area contributed by atoms with Crippen LogP contribution in [-0.2, 0) is 0 Å². The summed E-state index contributed by atoms with van der Waals surface area (Å²) >= 11 is 0. The topological polar surface area (TPSA) is 18.5 Å². The molecular formula is C15H28F3N3. The predicted octanol–water partition coefficient (Wildman–Crippen LogP) is 2.33. The molecule has 0 aromatic carbocycles. The van der Waals surface area contributed by atoms with Crippen LogP contribution < -0.4 is 5.32 Å². The summed E-state index contributed by atoms with van der Waals surface area (Å²) in [5.41, 5.74) is 0.251. The Morgan fingerprint density at radius 1 is 1.14 bits per heavy atom. The van der Waals surface area contributed by atoms with Crippen LogP contribution in [0.15, 0.2) is 0 Å². The second-order valence-corrected chi connectivity index (χ2v) is 7.14. The van der Waals surface area contributed by atoms with Gasteiger partial charge >= 0.3 is 6.18 Å². The van der Waals surface area contributed by atoms with Crippen molar-refractivity contribution in [3.05, 3.63) is 0 Å². The molecule has 6 heteroatoms. The van der Waals surface area contributed by atoms with Gasteiger partial charge in [0.2, 0.25) is 0 Å². The van der Waals surface area contributed by atoms with E-state index in [4.69, 9.17) is 0 Å². The SMILES string of the molecule is CNC1C(N2CCN(CC(F)(F)F)CC2)CCCC1(C)C. The summed E-state index contributed by atoms with van der Waals surface area (Å²) in [6.07, 6.45) is -0.516. The minimum absolute atomic E-state index is 0.251. The smallest absolute Gasteiger partial charge is 0.315 e. The second-order valence-electron chi connectivity index (χ2n) is 7.14. The molecule has 21 heavy (non-hydrogen) atoms. The fraction of sp³-hybridized carbons (Fsp3) is 1.00. The van der Waals surface area contributed by atoms with Crippen molar-refractivity contribution in [1.82, 2.24) is 15.1 Å². The lowest BCUT2D eigenvalue weighted by molar-refractivity contribution is -0.150. The number of alkyl halides is 3. The Balaban J connectivity index is 1.92. The van der Waals surface area contributed by atoms with Crippen LogP contribution in [0.3, 0.4) is 0 Å². The van der Waals surface area contributed by atoms with E-state index < -0.39 is 12.7 Å². The molecule has 0 bridgehead atoms. The molecule has 3 nitrogen and oxygen atoms in total. The molecule has 124 valence electrons. The van der Waals surface area contributed by atoms with Crippen LogP contribution in [0.4, 0.5) is 13.2 Å². The molecule has 0 radical (unpaired) electrons. The van der Waals surface area contributed by atoms with Gasteiger partial charge in [-0.3, -0.25) is 9.80 Å². The Kier molecular flexibility index (Phi) is 5.21. The lowest BCUT2D eigenvalue weighted by Crippen LogP contribution is -2.61. The maximum Gasteiger partial charge on any atom is 0.401 e. The van der Waals surface area contributed by atoms with Gasteiger partial charge in [0.05, 0.1) is 6.54 Å². The standard InChI is InChI=1S/C15H28F3N3/c1-14(2)6-4-5-12(13(14)19-3)21-9-7-20(8-10-21)11-15(16,17)18/h12-13,19H,4-11H2,1-3H3. The Morgan fingerprint density at radius 3 is 2.29 bits per heavy atom. The summed E-state index contributed by atoms with van der Waals surface area (Å²) in [6.45, 7) is 6.34. The highest BCUT2D eigenvalue weighted by Gasteiger charge is 2.41. The molecule has 2 aliphatic rings. The molecule has 2 atom stereocenters. The largest absolute Gasteiger partial charge is 0.401 e.